The fourth-order valence-corrected chi connectivity index (χ4v) is 5.25. The Morgan fingerprint density at radius 1 is 1.26 bits per heavy atom. The lowest BCUT2D eigenvalue weighted by Gasteiger charge is -2.39. The molecule has 0 spiro atoms. The molecule has 2 aromatic heterocycles. The fraction of sp³-hybridized carbons (Fsp3) is 0.481. The second kappa shape index (κ2) is 11.9. The maximum Gasteiger partial charge on any atom is 0.252 e. The van der Waals surface area contributed by atoms with Gasteiger partial charge in [-0.25, -0.2) is 0 Å². The van der Waals surface area contributed by atoms with Crippen molar-refractivity contribution in [2.24, 2.45) is 0 Å². The summed E-state index contributed by atoms with van der Waals surface area (Å²) < 4.78 is 3.16. The molecule has 1 fully saturated rings. The molecule has 3 rings (SSSR count). The predicted octanol–water partition coefficient (Wildman–Crippen LogP) is 4.30. The van der Waals surface area contributed by atoms with E-state index in [2.05, 4.69) is 60.9 Å². The zero-order valence-electron chi connectivity index (χ0n) is 21.7. The van der Waals surface area contributed by atoms with Crippen LogP contribution in [0.2, 0.25) is 0 Å². The van der Waals surface area contributed by atoms with Gasteiger partial charge in [0.15, 0.2) is 0 Å². The van der Waals surface area contributed by atoms with Gasteiger partial charge in [0.05, 0.1) is 0 Å². The summed E-state index contributed by atoms with van der Waals surface area (Å²) in [5, 5.41) is 6.03. The molecule has 1 saturated heterocycles. The molecular weight excluding hydrogens is 506 g/mol. The first-order valence-corrected chi connectivity index (χ1v) is 13.0. The van der Waals surface area contributed by atoms with Crippen LogP contribution in [0.4, 0.5) is 5.82 Å². The third-order valence-corrected chi connectivity index (χ3v) is 7.41. The van der Waals surface area contributed by atoms with Gasteiger partial charge in [0, 0.05) is 64.8 Å². The van der Waals surface area contributed by atoms with E-state index in [-0.39, 0.29) is 12.5 Å². The highest BCUT2D eigenvalue weighted by Crippen LogP contribution is 2.32. The van der Waals surface area contributed by atoms with Gasteiger partial charge in [0.2, 0.25) is 0 Å². The number of likely N-dealkylation sites (tertiary alicyclic amines) is 1. The normalized spacial score (nSPS) is 16.3. The topological polar surface area (TPSA) is 69.1 Å². The number of pyridine rings is 1. The monoisotopic (exact) mass is 543 g/mol. The van der Waals surface area contributed by atoms with Crippen LogP contribution < -0.4 is 15.5 Å². The molecule has 1 aliphatic rings. The number of anilines is 1. The van der Waals surface area contributed by atoms with Crippen molar-refractivity contribution in [1.29, 1.82) is 0 Å². The molecule has 7 nitrogen and oxygen atoms in total. The minimum Gasteiger partial charge on any atom is -0.392 e. The van der Waals surface area contributed by atoms with E-state index in [0.717, 1.165) is 71.4 Å². The van der Waals surface area contributed by atoms with Crippen molar-refractivity contribution in [3.63, 3.8) is 0 Å². The molecule has 0 aromatic carbocycles. The molecule has 0 bridgehead atoms. The summed E-state index contributed by atoms with van der Waals surface area (Å²) in [7, 11) is 4.01. The van der Waals surface area contributed by atoms with Gasteiger partial charge < -0.3 is 24.8 Å². The molecule has 0 aliphatic carbocycles. The van der Waals surface area contributed by atoms with Gasteiger partial charge >= 0.3 is 0 Å². The molecule has 0 radical (unpaired) electrons. The van der Waals surface area contributed by atoms with Crippen molar-refractivity contribution < 1.29 is 9.59 Å². The van der Waals surface area contributed by atoms with Gasteiger partial charge in [0.1, 0.15) is 12.1 Å². The minimum absolute atomic E-state index is 0.176. The number of hydrogen-bond donors (Lipinski definition) is 2. The number of hydrogen-bond acceptors (Lipinski definition) is 5. The Kier molecular flexibility index (Phi) is 9.19. The van der Waals surface area contributed by atoms with E-state index in [0.29, 0.717) is 17.2 Å². The number of carbonyl (C=O) groups is 2. The smallest absolute Gasteiger partial charge is 0.252 e. The number of carbonyl (C=O) groups excluding carboxylic acids is 2. The summed E-state index contributed by atoms with van der Waals surface area (Å²) in [6.07, 6.45) is 6.99. The SMILES string of the molecule is CCN(c1c(C)c(C(=O)NC/C(C=O)=C(C)/C=C(/C)NC)cc2cc(Br)cn12)C1CCN(C)CC1. The number of aldehydes is 1. The molecule has 0 saturated carbocycles. The van der Waals surface area contributed by atoms with Crippen molar-refractivity contribution >= 4 is 39.5 Å². The van der Waals surface area contributed by atoms with E-state index in [1.54, 1.807) is 0 Å². The number of rotatable bonds is 9. The first-order chi connectivity index (χ1) is 16.7. The average Bonchev–Trinajstić information content (AvgIpc) is 3.21. The lowest BCUT2D eigenvalue weighted by atomic mass is 10.0. The van der Waals surface area contributed by atoms with Crippen LogP contribution in [0.1, 0.15) is 49.5 Å². The van der Waals surface area contributed by atoms with Crippen LogP contribution in [-0.2, 0) is 4.79 Å². The van der Waals surface area contributed by atoms with Crippen LogP contribution in [-0.4, -0.2) is 67.8 Å². The molecule has 35 heavy (non-hydrogen) atoms. The quantitative estimate of drug-likeness (QED) is 0.280. The average molecular weight is 545 g/mol. The molecule has 8 heteroatoms. The van der Waals surface area contributed by atoms with Crippen molar-refractivity contribution in [2.45, 2.75) is 46.6 Å². The van der Waals surface area contributed by atoms with Gasteiger partial charge in [0.25, 0.3) is 5.91 Å². The molecule has 190 valence electrons. The van der Waals surface area contributed by atoms with Crippen LogP contribution in [0.25, 0.3) is 5.52 Å². The lowest BCUT2D eigenvalue weighted by molar-refractivity contribution is -0.105. The molecule has 0 atom stereocenters. The Labute approximate surface area is 217 Å². The molecule has 0 unspecified atom stereocenters. The van der Waals surface area contributed by atoms with Crippen LogP contribution in [0.3, 0.4) is 0 Å². The fourth-order valence-electron chi connectivity index (χ4n) is 4.81. The van der Waals surface area contributed by atoms with Crippen molar-refractivity contribution in [2.75, 3.05) is 45.2 Å². The summed E-state index contributed by atoms with van der Waals surface area (Å²) in [6, 6.07) is 4.39. The Hall–Kier alpha value is -2.58. The summed E-state index contributed by atoms with van der Waals surface area (Å²) in [5.41, 5.74) is 4.87. The minimum atomic E-state index is -0.176. The molecule has 1 aliphatic heterocycles. The van der Waals surface area contributed by atoms with Gasteiger partial charge in [-0.2, -0.15) is 0 Å². The number of halogens is 1. The third kappa shape index (κ3) is 6.16. The number of nitrogens with one attached hydrogen (secondary N) is 2. The van der Waals surface area contributed by atoms with E-state index < -0.39 is 0 Å². The maximum atomic E-state index is 13.4. The van der Waals surface area contributed by atoms with Gasteiger partial charge in [-0.15, -0.1) is 0 Å². The van der Waals surface area contributed by atoms with Crippen molar-refractivity contribution in [1.82, 2.24) is 19.9 Å². The van der Waals surface area contributed by atoms with E-state index in [9.17, 15) is 9.59 Å². The number of allylic oxidation sites excluding steroid dienone is 3. The van der Waals surface area contributed by atoms with E-state index in [4.69, 9.17) is 0 Å². The van der Waals surface area contributed by atoms with Crippen molar-refractivity contribution in [3.05, 3.63) is 56.8 Å². The number of fused-ring (bicyclic) bond motifs is 1. The Morgan fingerprint density at radius 3 is 2.54 bits per heavy atom. The zero-order valence-corrected chi connectivity index (χ0v) is 23.3. The second-order valence-electron chi connectivity index (χ2n) is 9.37. The number of amides is 1. The van der Waals surface area contributed by atoms with Crippen LogP contribution in [0.15, 0.2) is 45.7 Å². The van der Waals surface area contributed by atoms with Gasteiger partial charge in [-0.1, -0.05) is 0 Å². The van der Waals surface area contributed by atoms with Gasteiger partial charge in [-0.3, -0.25) is 9.59 Å². The van der Waals surface area contributed by atoms with E-state index in [1.807, 2.05) is 46.0 Å². The van der Waals surface area contributed by atoms with Crippen LogP contribution in [0, 0.1) is 6.92 Å². The highest BCUT2D eigenvalue weighted by Gasteiger charge is 2.27. The van der Waals surface area contributed by atoms with Gasteiger partial charge in [-0.05, 0) is 100 Å². The molecule has 3 heterocycles. The Balaban J connectivity index is 1.97. The maximum absolute atomic E-state index is 13.4. The molecular formula is C27H38BrN5O2. The zero-order chi connectivity index (χ0) is 25.7. The largest absolute Gasteiger partial charge is 0.392 e. The molecule has 1 amide bonds. The van der Waals surface area contributed by atoms with Crippen LogP contribution in [0.5, 0.6) is 0 Å². The summed E-state index contributed by atoms with van der Waals surface area (Å²) in [4.78, 5) is 29.9. The highest BCUT2D eigenvalue weighted by atomic mass is 79.9. The summed E-state index contributed by atoms with van der Waals surface area (Å²) >= 11 is 3.62. The summed E-state index contributed by atoms with van der Waals surface area (Å²) in [6.45, 7) is 11.2. The summed E-state index contributed by atoms with van der Waals surface area (Å²) in [5.74, 6) is 0.884. The predicted molar refractivity (Wildman–Crippen MR) is 147 cm³/mol. The number of nitrogens with zero attached hydrogens (tertiary/aromatic N) is 3. The standard InChI is InChI=1S/C27H38BrN5O2/c1-7-32(23-8-10-31(6)11-9-23)27-20(4)25(14-24-13-22(28)16-33(24)27)26(35)30-15-21(17-34)18(2)12-19(3)29-5/h12-14,16-17,23,29H,7-11,15H2,1-6H3,(H,30,35)/b19-12-,21-18-. The highest BCUT2D eigenvalue weighted by molar-refractivity contribution is 9.10. The van der Waals surface area contributed by atoms with E-state index in [1.165, 1.54) is 0 Å². The third-order valence-electron chi connectivity index (χ3n) is 6.98. The number of aromatic nitrogens is 1. The number of piperidine rings is 1. The Morgan fingerprint density at radius 2 is 1.94 bits per heavy atom. The molecule has 2 aromatic rings. The second-order valence-corrected chi connectivity index (χ2v) is 10.3. The lowest BCUT2D eigenvalue weighted by Crippen LogP contribution is -2.45. The van der Waals surface area contributed by atoms with E-state index >= 15 is 0 Å². The van der Waals surface area contributed by atoms with Crippen LogP contribution >= 0.6 is 15.9 Å². The van der Waals surface area contributed by atoms with Crippen molar-refractivity contribution in [3.8, 4) is 0 Å². The first kappa shape index (κ1) is 27.0. The molecule has 2 N–H and O–H groups in total. The first-order valence-electron chi connectivity index (χ1n) is 12.3. The Bertz CT molecular complexity index is 1140.